The lowest BCUT2D eigenvalue weighted by Gasteiger charge is -2.39. The second-order valence-corrected chi connectivity index (χ2v) is 15.0. The Kier molecular flexibility index (Phi) is 13.7. The molecular weight excluding hydrogens is 520 g/mol. The van der Waals surface area contributed by atoms with Crippen LogP contribution in [0.4, 0.5) is 0 Å². The number of benzene rings is 2. The van der Waals surface area contributed by atoms with Gasteiger partial charge in [-0.05, 0) is 76.6 Å². The summed E-state index contributed by atoms with van der Waals surface area (Å²) in [5, 5.41) is 22.3. The Morgan fingerprint density at radius 1 is 0.561 bits per heavy atom. The van der Waals surface area contributed by atoms with Gasteiger partial charge in [0.1, 0.15) is 11.5 Å². The second kappa shape index (κ2) is 15.7. The average Bonchev–Trinajstić information content (AvgIpc) is 2.89. The third-order valence-electron chi connectivity index (χ3n) is 9.25. The monoisotopic (exact) mass is 582 g/mol. The van der Waals surface area contributed by atoms with Gasteiger partial charge in [-0.15, -0.1) is 0 Å². The van der Waals surface area contributed by atoms with Crippen LogP contribution < -0.4 is 0 Å². The number of aromatic hydroxyl groups is 2. The zero-order valence-electron chi connectivity index (χ0n) is 28.1. The zero-order valence-corrected chi connectivity index (χ0v) is 28.9. The van der Waals surface area contributed by atoms with Gasteiger partial charge in [0.15, 0.2) is 0 Å². The topological polar surface area (TPSA) is 40.5 Å². The van der Waals surface area contributed by atoms with Gasteiger partial charge in [-0.2, -0.15) is 12.6 Å². The van der Waals surface area contributed by atoms with Crippen LogP contribution >= 0.6 is 12.6 Å². The molecule has 0 aromatic heterocycles. The van der Waals surface area contributed by atoms with Gasteiger partial charge in [0.2, 0.25) is 0 Å². The lowest BCUT2D eigenvalue weighted by molar-refractivity contribution is 0.439. The maximum atomic E-state index is 11.2. The van der Waals surface area contributed by atoms with Crippen molar-refractivity contribution in [1.29, 1.82) is 0 Å². The van der Waals surface area contributed by atoms with Gasteiger partial charge in [-0.25, -0.2) is 0 Å². The van der Waals surface area contributed by atoms with Crippen LogP contribution in [-0.2, 0) is 16.2 Å². The fourth-order valence-corrected chi connectivity index (χ4v) is 6.69. The number of rotatable bonds is 16. The molecule has 0 aliphatic rings. The predicted octanol–water partition coefficient (Wildman–Crippen LogP) is 11.6. The number of unbranched alkanes of at least 4 members (excludes halogenated alkanes) is 11. The molecule has 0 aliphatic heterocycles. The molecule has 2 N–H and O–H groups in total. The fourth-order valence-electron chi connectivity index (χ4n) is 6.19. The molecule has 2 nitrogen and oxygen atoms in total. The van der Waals surface area contributed by atoms with Gasteiger partial charge in [-0.1, -0.05) is 138 Å². The van der Waals surface area contributed by atoms with E-state index in [0.29, 0.717) is 17.3 Å². The standard InChI is InChI=1S/C38H62O2S/c1-10-11-12-13-14-15-16-17-18-19-20-21-22-38(27-41,32-23-30(36(4,5)6)25-34(39)28(32)2)33-24-31(37(7,8)9)26-35(40)29(33)3/h23-26,39-41H,10-22,27H2,1-9H3. The highest BCUT2D eigenvalue weighted by Crippen LogP contribution is 2.47. The molecule has 41 heavy (non-hydrogen) atoms. The molecule has 0 radical (unpaired) electrons. The highest BCUT2D eigenvalue weighted by atomic mass is 32.1. The summed E-state index contributed by atoms with van der Waals surface area (Å²) in [5.74, 6) is 1.32. The SMILES string of the molecule is CCCCCCCCCCCCCCC(CS)(c1cc(C(C)(C)C)cc(O)c1C)c1cc(C(C)(C)C)cc(O)c1C. The molecule has 2 aromatic rings. The summed E-state index contributed by atoms with van der Waals surface area (Å²) in [6.45, 7) is 19.6. The first kappa shape index (κ1) is 35.6. The average molecular weight is 583 g/mol. The van der Waals surface area contributed by atoms with Crippen molar-refractivity contribution >= 4 is 12.6 Å². The highest BCUT2D eigenvalue weighted by Gasteiger charge is 2.38. The van der Waals surface area contributed by atoms with Gasteiger partial charge in [0, 0.05) is 11.2 Å². The number of hydrogen-bond donors (Lipinski definition) is 3. The van der Waals surface area contributed by atoms with Crippen molar-refractivity contribution < 1.29 is 10.2 Å². The summed E-state index contributed by atoms with van der Waals surface area (Å²) in [6.07, 6.45) is 16.8. The smallest absolute Gasteiger partial charge is 0.119 e. The Labute approximate surface area is 259 Å². The van der Waals surface area contributed by atoms with Crippen LogP contribution in [0.25, 0.3) is 0 Å². The van der Waals surface area contributed by atoms with Crippen LogP contribution in [0.2, 0.25) is 0 Å². The fraction of sp³-hybridized carbons (Fsp3) is 0.684. The molecule has 0 unspecified atom stereocenters. The van der Waals surface area contributed by atoms with Crippen LogP contribution in [0, 0.1) is 13.8 Å². The lowest BCUT2D eigenvalue weighted by atomic mass is 9.67. The largest absolute Gasteiger partial charge is 0.508 e. The molecule has 0 heterocycles. The molecule has 0 saturated heterocycles. The summed E-state index contributed by atoms with van der Waals surface area (Å²) in [7, 11) is 0. The summed E-state index contributed by atoms with van der Waals surface area (Å²) < 4.78 is 0. The van der Waals surface area contributed by atoms with Gasteiger partial charge >= 0.3 is 0 Å². The lowest BCUT2D eigenvalue weighted by Crippen LogP contribution is -2.33. The van der Waals surface area contributed by atoms with Crippen molar-refractivity contribution in [3.05, 3.63) is 57.6 Å². The predicted molar refractivity (Wildman–Crippen MR) is 183 cm³/mol. The molecule has 2 rings (SSSR count). The van der Waals surface area contributed by atoms with E-state index in [1.54, 1.807) is 0 Å². The van der Waals surface area contributed by atoms with Crippen molar-refractivity contribution in [1.82, 2.24) is 0 Å². The molecule has 0 atom stereocenters. The van der Waals surface area contributed by atoms with Crippen LogP contribution in [0.1, 0.15) is 165 Å². The molecule has 0 spiro atoms. The number of hydrogen-bond acceptors (Lipinski definition) is 3. The van der Waals surface area contributed by atoms with Crippen LogP contribution in [-0.4, -0.2) is 16.0 Å². The van der Waals surface area contributed by atoms with Gasteiger partial charge in [-0.3, -0.25) is 0 Å². The summed E-state index contributed by atoms with van der Waals surface area (Å²) in [6, 6.07) is 8.49. The molecule has 232 valence electrons. The van der Waals surface area contributed by atoms with Crippen LogP contribution in [0.15, 0.2) is 24.3 Å². The summed E-state index contributed by atoms with van der Waals surface area (Å²) >= 11 is 5.05. The van der Waals surface area contributed by atoms with Crippen molar-refractivity contribution in [3.8, 4) is 11.5 Å². The van der Waals surface area contributed by atoms with Gasteiger partial charge < -0.3 is 10.2 Å². The summed E-state index contributed by atoms with van der Waals surface area (Å²) in [4.78, 5) is 0. The molecule has 3 heteroatoms. The summed E-state index contributed by atoms with van der Waals surface area (Å²) in [5.41, 5.74) is 5.80. The van der Waals surface area contributed by atoms with E-state index >= 15 is 0 Å². The first-order chi connectivity index (χ1) is 19.2. The minimum atomic E-state index is -0.409. The Morgan fingerprint density at radius 3 is 1.22 bits per heavy atom. The first-order valence-electron chi connectivity index (χ1n) is 16.5. The molecule has 0 fully saturated rings. The zero-order chi connectivity index (χ0) is 30.8. The number of thiol groups is 1. The van der Waals surface area contributed by atoms with Crippen molar-refractivity contribution in [2.24, 2.45) is 0 Å². The van der Waals surface area contributed by atoms with Crippen molar-refractivity contribution in [3.63, 3.8) is 0 Å². The van der Waals surface area contributed by atoms with E-state index in [2.05, 4.69) is 60.6 Å². The minimum absolute atomic E-state index is 0.0945. The molecule has 2 aromatic carbocycles. The van der Waals surface area contributed by atoms with Crippen molar-refractivity contribution in [2.75, 3.05) is 5.75 Å². The molecule has 0 amide bonds. The van der Waals surface area contributed by atoms with Gasteiger partial charge in [0.25, 0.3) is 0 Å². The van der Waals surface area contributed by atoms with E-state index in [4.69, 9.17) is 12.6 Å². The van der Waals surface area contributed by atoms with Crippen LogP contribution in [0.5, 0.6) is 11.5 Å². The van der Waals surface area contributed by atoms with Crippen LogP contribution in [0.3, 0.4) is 0 Å². The molecule has 0 saturated carbocycles. The molecule has 0 aliphatic carbocycles. The second-order valence-electron chi connectivity index (χ2n) is 14.7. The van der Waals surface area contributed by atoms with E-state index in [1.807, 2.05) is 26.0 Å². The Balaban J connectivity index is 2.36. The van der Waals surface area contributed by atoms with E-state index < -0.39 is 5.41 Å². The highest BCUT2D eigenvalue weighted by molar-refractivity contribution is 7.80. The Morgan fingerprint density at radius 2 is 0.902 bits per heavy atom. The maximum Gasteiger partial charge on any atom is 0.119 e. The van der Waals surface area contributed by atoms with E-state index in [9.17, 15) is 10.2 Å². The van der Waals surface area contributed by atoms with E-state index in [-0.39, 0.29) is 10.8 Å². The normalized spacial score (nSPS) is 12.7. The maximum absolute atomic E-state index is 11.2. The minimum Gasteiger partial charge on any atom is -0.508 e. The first-order valence-corrected chi connectivity index (χ1v) is 17.1. The van der Waals surface area contributed by atoms with Gasteiger partial charge in [0.05, 0.1) is 0 Å². The quantitative estimate of drug-likeness (QED) is 0.136. The molecule has 0 bridgehead atoms. The molecular formula is C38H62O2S. The number of phenols is 2. The number of phenolic OH excluding ortho intramolecular Hbond substituents is 2. The third kappa shape index (κ3) is 9.70. The van der Waals surface area contributed by atoms with Crippen molar-refractivity contribution in [2.45, 2.75) is 162 Å². The van der Waals surface area contributed by atoms with E-state index in [1.165, 1.54) is 70.6 Å². The Bertz CT molecular complexity index is 1020. The third-order valence-corrected chi connectivity index (χ3v) is 9.79. The Hall–Kier alpha value is -1.61. The van der Waals surface area contributed by atoms with E-state index in [0.717, 1.165) is 46.2 Å².